The topological polar surface area (TPSA) is 35.5 Å². The number of hydrogen-bond donors (Lipinski definition) is 0. The van der Waals surface area contributed by atoms with Gasteiger partial charge >= 0.3 is 5.97 Å². The van der Waals surface area contributed by atoms with Crippen LogP contribution in [0.25, 0.3) is 0 Å². The Bertz CT molecular complexity index is 480. The molecule has 3 nitrogen and oxygen atoms in total. The SMILES string of the molecule is C=C(C)C(=O)OC1(CCCOC)Cc2ccccc2C1. The van der Waals surface area contributed by atoms with Gasteiger partial charge in [0.2, 0.25) is 0 Å². The molecule has 2 rings (SSSR count). The molecule has 0 spiro atoms. The van der Waals surface area contributed by atoms with Gasteiger partial charge in [0.05, 0.1) is 0 Å². The summed E-state index contributed by atoms with van der Waals surface area (Å²) in [5, 5.41) is 0. The monoisotopic (exact) mass is 274 g/mol. The highest BCUT2D eigenvalue weighted by molar-refractivity contribution is 5.87. The van der Waals surface area contributed by atoms with Crippen molar-refractivity contribution in [3.05, 3.63) is 47.5 Å². The van der Waals surface area contributed by atoms with Crippen molar-refractivity contribution in [2.24, 2.45) is 0 Å². The van der Waals surface area contributed by atoms with Gasteiger partial charge in [0, 0.05) is 32.1 Å². The van der Waals surface area contributed by atoms with Crippen LogP contribution < -0.4 is 0 Å². The van der Waals surface area contributed by atoms with E-state index in [-0.39, 0.29) is 5.97 Å². The number of benzene rings is 1. The van der Waals surface area contributed by atoms with Crippen LogP contribution in [0, 0.1) is 0 Å². The molecule has 0 radical (unpaired) electrons. The minimum Gasteiger partial charge on any atom is -0.455 e. The second kappa shape index (κ2) is 6.23. The lowest BCUT2D eigenvalue weighted by Gasteiger charge is -2.29. The van der Waals surface area contributed by atoms with Crippen molar-refractivity contribution < 1.29 is 14.3 Å². The molecule has 0 saturated heterocycles. The fraction of sp³-hybridized carbons (Fsp3) is 0.471. The summed E-state index contributed by atoms with van der Waals surface area (Å²) < 4.78 is 10.9. The van der Waals surface area contributed by atoms with Crippen LogP contribution >= 0.6 is 0 Å². The van der Waals surface area contributed by atoms with Gasteiger partial charge < -0.3 is 9.47 Å². The molecule has 0 heterocycles. The lowest BCUT2D eigenvalue weighted by molar-refractivity contribution is -0.155. The quantitative estimate of drug-likeness (QED) is 0.454. The molecule has 3 heteroatoms. The Morgan fingerprint density at radius 1 is 1.30 bits per heavy atom. The number of ether oxygens (including phenoxy) is 2. The average Bonchev–Trinajstić information content (AvgIpc) is 2.77. The predicted molar refractivity (Wildman–Crippen MR) is 78.6 cm³/mol. The second-order valence-corrected chi connectivity index (χ2v) is 5.57. The van der Waals surface area contributed by atoms with Crippen molar-refractivity contribution in [2.45, 2.75) is 38.2 Å². The van der Waals surface area contributed by atoms with Crippen molar-refractivity contribution in [2.75, 3.05) is 13.7 Å². The standard InChI is InChI=1S/C17H22O3/c1-13(2)16(18)20-17(9-6-10-19-3)11-14-7-4-5-8-15(14)12-17/h4-5,7-8H,1,6,9-12H2,2-3H3. The number of fused-ring (bicyclic) bond motifs is 1. The Labute approximate surface area is 120 Å². The van der Waals surface area contributed by atoms with Crippen molar-refractivity contribution >= 4 is 5.97 Å². The molecule has 0 bridgehead atoms. The molecule has 0 fully saturated rings. The van der Waals surface area contributed by atoms with Crippen molar-refractivity contribution in [1.29, 1.82) is 0 Å². The van der Waals surface area contributed by atoms with Crippen molar-refractivity contribution in [1.82, 2.24) is 0 Å². The molecule has 0 amide bonds. The van der Waals surface area contributed by atoms with Crippen LogP contribution in [0.4, 0.5) is 0 Å². The minimum absolute atomic E-state index is 0.296. The summed E-state index contributed by atoms with van der Waals surface area (Å²) in [4.78, 5) is 11.9. The average molecular weight is 274 g/mol. The summed E-state index contributed by atoms with van der Waals surface area (Å²) in [5.41, 5.74) is 2.57. The number of carbonyl (C=O) groups is 1. The fourth-order valence-corrected chi connectivity index (χ4v) is 2.78. The molecule has 108 valence electrons. The third kappa shape index (κ3) is 3.28. The first kappa shape index (κ1) is 14.8. The summed E-state index contributed by atoms with van der Waals surface area (Å²) in [6.07, 6.45) is 3.26. The molecule has 1 aromatic rings. The van der Waals surface area contributed by atoms with Crippen LogP contribution in [0.1, 0.15) is 30.9 Å². The molecule has 1 aliphatic carbocycles. The zero-order valence-electron chi connectivity index (χ0n) is 12.3. The summed E-state index contributed by atoms with van der Waals surface area (Å²) in [6.45, 7) is 6.05. The van der Waals surface area contributed by atoms with Gasteiger partial charge in [-0.25, -0.2) is 4.79 Å². The first-order valence-electron chi connectivity index (χ1n) is 7.01. The van der Waals surface area contributed by atoms with E-state index in [0.29, 0.717) is 12.2 Å². The normalized spacial score (nSPS) is 15.7. The van der Waals surface area contributed by atoms with E-state index in [1.54, 1.807) is 14.0 Å². The van der Waals surface area contributed by atoms with Crippen LogP contribution in [0.5, 0.6) is 0 Å². The van der Waals surface area contributed by atoms with Crippen LogP contribution in [-0.4, -0.2) is 25.3 Å². The van der Waals surface area contributed by atoms with Gasteiger partial charge in [-0.05, 0) is 30.9 Å². The molecular formula is C17H22O3. The summed E-state index contributed by atoms with van der Waals surface area (Å²) in [7, 11) is 1.69. The van der Waals surface area contributed by atoms with Crippen LogP contribution in [0.2, 0.25) is 0 Å². The summed E-state index contributed by atoms with van der Waals surface area (Å²) >= 11 is 0. The maximum atomic E-state index is 11.9. The zero-order valence-corrected chi connectivity index (χ0v) is 12.3. The largest absolute Gasteiger partial charge is 0.455 e. The van der Waals surface area contributed by atoms with E-state index < -0.39 is 5.60 Å². The molecule has 0 aromatic heterocycles. The first-order chi connectivity index (χ1) is 9.56. The molecule has 1 aliphatic rings. The Balaban J connectivity index is 2.15. The van der Waals surface area contributed by atoms with Gasteiger partial charge in [0.15, 0.2) is 0 Å². The van der Waals surface area contributed by atoms with Gasteiger partial charge in [-0.15, -0.1) is 0 Å². The van der Waals surface area contributed by atoms with E-state index in [1.165, 1.54) is 11.1 Å². The number of esters is 1. The molecule has 0 unspecified atom stereocenters. The van der Waals surface area contributed by atoms with Crippen LogP contribution in [0.3, 0.4) is 0 Å². The van der Waals surface area contributed by atoms with E-state index in [9.17, 15) is 4.79 Å². The Hall–Kier alpha value is -1.61. The third-order valence-corrected chi connectivity index (χ3v) is 3.78. The maximum absolute atomic E-state index is 11.9. The molecule has 1 aromatic carbocycles. The molecule has 0 atom stereocenters. The Kier molecular flexibility index (Phi) is 4.61. The van der Waals surface area contributed by atoms with E-state index in [1.807, 2.05) is 12.1 Å². The van der Waals surface area contributed by atoms with Crippen molar-refractivity contribution in [3.63, 3.8) is 0 Å². The maximum Gasteiger partial charge on any atom is 0.333 e. The van der Waals surface area contributed by atoms with E-state index in [0.717, 1.165) is 25.7 Å². The predicted octanol–water partition coefficient (Wildman–Crippen LogP) is 3.07. The molecular weight excluding hydrogens is 252 g/mol. The Morgan fingerprint density at radius 2 is 1.90 bits per heavy atom. The number of methoxy groups -OCH3 is 1. The van der Waals surface area contributed by atoms with Crippen LogP contribution in [0.15, 0.2) is 36.4 Å². The number of rotatable bonds is 6. The zero-order chi connectivity index (χ0) is 14.6. The van der Waals surface area contributed by atoms with Crippen LogP contribution in [-0.2, 0) is 27.1 Å². The van der Waals surface area contributed by atoms with Gasteiger partial charge in [-0.3, -0.25) is 0 Å². The lowest BCUT2D eigenvalue weighted by Crippen LogP contribution is -2.36. The van der Waals surface area contributed by atoms with Gasteiger partial charge in [-0.1, -0.05) is 30.8 Å². The number of hydrogen-bond acceptors (Lipinski definition) is 3. The summed E-state index contributed by atoms with van der Waals surface area (Å²) in [6, 6.07) is 8.29. The second-order valence-electron chi connectivity index (χ2n) is 5.57. The summed E-state index contributed by atoms with van der Waals surface area (Å²) in [5.74, 6) is -0.296. The molecule has 0 saturated carbocycles. The van der Waals surface area contributed by atoms with E-state index in [2.05, 4.69) is 18.7 Å². The highest BCUT2D eigenvalue weighted by Crippen LogP contribution is 2.36. The van der Waals surface area contributed by atoms with E-state index >= 15 is 0 Å². The van der Waals surface area contributed by atoms with Crippen molar-refractivity contribution in [3.8, 4) is 0 Å². The molecule has 20 heavy (non-hydrogen) atoms. The lowest BCUT2D eigenvalue weighted by atomic mass is 9.94. The molecule has 0 aliphatic heterocycles. The third-order valence-electron chi connectivity index (χ3n) is 3.78. The highest BCUT2D eigenvalue weighted by atomic mass is 16.6. The smallest absolute Gasteiger partial charge is 0.333 e. The number of carbonyl (C=O) groups excluding carboxylic acids is 1. The Morgan fingerprint density at radius 3 is 2.40 bits per heavy atom. The fourth-order valence-electron chi connectivity index (χ4n) is 2.78. The van der Waals surface area contributed by atoms with Gasteiger partial charge in [-0.2, -0.15) is 0 Å². The highest BCUT2D eigenvalue weighted by Gasteiger charge is 2.40. The van der Waals surface area contributed by atoms with E-state index in [4.69, 9.17) is 9.47 Å². The molecule has 0 N–H and O–H groups in total. The first-order valence-corrected chi connectivity index (χ1v) is 7.01. The minimum atomic E-state index is -0.432. The van der Waals surface area contributed by atoms with Gasteiger partial charge in [0.1, 0.15) is 5.60 Å². The van der Waals surface area contributed by atoms with Gasteiger partial charge in [0.25, 0.3) is 0 Å².